The highest BCUT2D eigenvalue weighted by Gasteiger charge is 2.10. The highest BCUT2D eigenvalue weighted by Crippen LogP contribution is 2.17. The van der Waals surface area contributed by atoms with Gasteiger partial charge in [0.2, 0.25) is 0 Å². The third kappa shape index (κ3) is 1.23. The van der Waals surface area contributed by atoms with Crippen molar-refractivity contribution in [1.82, 2.24) is 4.90 Å². The number of likely N-dealkylation sites (tertiary alicyclic amines) is 1. The molecule has 0 atom stereocenters. The normalized spacial score (nSPS) is 22.7. The monoisotopic (exact) mass is 122 g/mol. The Labute approximate surface area is 55.4 Å². The lowest BCUT2D eigenvalue weighted by molar-refractivity contribution is 0.481. The summed E-state index contributed by atoms with van der Waals surface area (Å²) in [5, 5.41) is 8.29. The molecule has 0 aliphatic carbocycles. The highest BCUT2D eigenvalue weighted by molar-refractivity contribution is 5.14. The molecule has 1 rings (SSSR count). The van der Waals surface area contributed by atoms with E-state index in [2.05, 4.69) is 4.90 Å². The summed E-state index contributed by atoms with van der Waals surface area (Å²) in [6, 6.07) is 2.04. The fourth-order valence-corrected chi connectivity index (χ4v) is 1.09. The van der Waals surface area contributed by atoms with E-state index in [1.165, 1.54) is 12.1 Å². The molecule has 0 aromatic carbocycles. The first-order valence-corrected chi connectivity index (χ1v) is 3.14. The second-order valence-corrected chi connectivity index (χ2v) is 2.29. The maximum Gasteiger partial charge on any atom is 0.0930 e. The zero-order chi connectivity index (χ0) is 6.69. The Balaban J connectivity index is 2.62. The first kappa shape index (κ1) is 6.15. The van der Waals surface area contributed by atoms with Gasteiger partial charge in [-0.05, 0) is 12.8 Å². The minimum absolute atomic E-state index is 1.07. The summed E-state index contributed by atoms with van der Waals surface area (Å²) < 4.78 is 0. The largest absolute Gasteiger partial charge is 0.377 e. The molecule has 0 aromatic rings. The molecule has 0 N–H and O–H groups in total. The van der Waals surface area contributed by atoms with Crippen molar-refractivity contribution >= 4 is 0 Å². The van der Waals surface area contributed by atoms with Crippen molar-refractivity contribution in [3.8, 4) is 6.07 Å². The van der Waals surface area contributed by atoms with Crippen LogP contribution < -0.4 is 0 Å². The van der Waals surface area contributed by atoms with Crippen molar-refractivity contribution in [3.05, 3.63) is 11.8 Å². The SMILES string of the molecule is CN1CCCC1=CC#N. The van der Waals surface area contributed by atoms with Crippen LogP contribution in [0.2, 0.25) is 0 Å². The van der Waals surface area contributed by atoms with E-state index in [0.717, 1.165) is 13.0 Å². The van der Waals surface area contributed by atoms with E-state index < -0.39 is 0 Å². The molecular weight excluding hydrogens is 112 g/mol. The van der Waals surface area contributed by atoms with E-state index in [9.17, 15) is 0 Å². The van der Waals surface area contributed by atoms with Crippen LogP contribution in [0.1, 0.15) is 12.8 Å². The Bertz CT molecular complexity index is 164. The molecule has 0 saturated carbocycles. The molecule has 0 spiro atoms. The summed E-state index contributed by atoms with van der Waals surface area (Å²) in [6.45, 7) is 1.10. The van der Waals surface area contributed by atoms with Gasteiger partial charge in [0.05, 0.1) is 6.07 Å². The van der Waals surface area contributed by atoms with Gasteiger partial charge in [0.25, 0.3) is 0 Å². The van der Waals surface area contributed by atoms with Crippen LogP contribution in [-0.2, 0) is 0 Å². The summed E-state index contributed by atoms with van der Waals surface area (Å²) in [6.07, 6.45) is 3.90. The van der Waals surface area contributed by atoms with Crippen molar-refractivity contribution in [3.63, 3.8) is 0 Å². The third-order valence-electron chi connectivity index (χ3n) is 1.65. The van der Waals surface area contributed by atoms with Gasteiger partial charge in [-0.1, -0.05) is 0 Å². The summed E-state index contributed by atoms with van der Waals surface area (Å²) in [7, 11) is 2.02. The van der Waals surface area contributed by atoms with Gasteiger partial charge >= 0.3 is 0 Å². The van der Waals surface area contributed by atoms with E-state index >= 15 is 0 Å². The molecule has 1 fully saturated rings. The number of rotatable bonds is 0. The maximum absolute atomic E-state index is 8.29. The average Bonchev–Trinajstić information content (AvgIpc) is 2.18. The van der Waals surface area contributed by atoms with E-state index in [0.29, 0.717) is 0 Å². The van der Waals surface area contributed by atoms with Crippen LogP contribution in [0.25, 0.3) is 0 Å². The predicted molar refractivity (Wildman–Crippen MR) is 35.6 cm³/mol. The third-order valence-corrected chi connectivity index (χ3v) is 1.65. The molecule has 1 saturated heterocycles. The van der Waals surface area contributed by atoms with Gasteiger partial charge in [0, 0.05) is 25.4 Å². The van der Waals surface area contributed by atoms with E-state index in [1.54, 1.807) is 6.08 Å². The summed E-state index contributed by atoms with van der Waals surface area (Å²) in [5.74, 6) is 0. The van der Waals surface area contributed by atoms with E-state index in [4.69, 9.17) is 5.26 Å². The van der Waals surface area contributed by atoms with Crippen LogP contribution in [0.4, 0.5) is 0 Å². The van der Waals surface area contributed by atoms with Gasteiger partial charge in [-0.15, -0.1) is 0 Å². The van der Waals surface area contributed by atoms with Crippen LogP contribution in [0.3, 0.4) is 0 Å². The molecule has 0 unspecified atom stereocenters. The fourth-order valence-electron chi connectivity index (χ4n) is 1.09. The molecule has 0 aromatic heterocycles. The smallest absolute Gasteiger partial charge is 0.0930 e. The zero-order valence-corrected chi connectivity index (χ0v) is 5.59. The van der Waals surface area contributed by atoms with Crippen LogP contribution in [0.5, 0.6) is 0 Å². The second kappa shape index (κ2) is 2.54. The Morgan fingerprint density at radius 3 is 3.00 bits per heavy atom. The minimum Gasteiger partial charge on any atom is -0.377 e. The van der Waals surface area contributed by atoms with Gasteiger partial charge in [0.15, 0.2) is 0 Å². The van der Waals surface area contributed by atoms with Gasteiger partial charge < -0.3 is 4.90 Å². The van der Waals surface area contributed by atoms with Crippen LogP contribution in [0, 0.1) is 11.3 Å². The van der Waals surface area contributed by atoms with Crippen molar-refractivity contribution in [1.29, 1.82) is 5.26 Å². The van der Waals surface area contributed by atoms with E-state index in [-0.39, 0.29) is 0 Å². The molecule has 0 radical (unpaired) electrons. The summed E-state index contributed by atoms with van der Waals surface area (Å²) >= 11 is 0. The quantitative estimate of drug-likeness (QED) is 0.450. The highest BCUT2D eigenvalue weighted by atomic mass is 15.1. The predicted octanol–water partition coefficient (Wildman–Crippen LogP) is 1.12. The molecule has 0 bridgehead atoms. The van der Waals surface area contributed by atoms with Crippen LogP contribution in [0.15, 0.2) is 11.8 Å². The van der Waals surface area contributed by atoms with E-state index in [1.807, 2.05) is 13.1 Å². The standard InChI is InChI=1S/C7H10N2/c1-9-6-2-3-7(9)4-5-8/h4H,2-3,6H2,1H3. The molecule has 1 aliphatic heterocycles. The molecule has 48 valence electrons. The summed E-state index contributed by atoms with van der Waals surface area (Å²) in [4.78, 5) is 2.13. The van der Waals surface area contributed by atoms with Gasteiger partial charge in [0.1, 0.15) is 0 Å². The fraction of sp³-hybridized carbons (Fsp3) is 0.571. The Morgan fingerprint density at radius 2 is 2.56 bits per heavy atom. The molecule has 2 heteroatoms. The van der Waals surface area contributed by atoms with Crippen LogP contribution >= 0.6 is 0 Å². The molecule has 1 heterocycles. The minimum atomic E-state index is 1.07. The Morgan fingerprint density at radius 1 is 1.78 bits per heavy atom. The molecular formula is C7H10N2. The number of nitrogens with zero attached hydrogens (tertiary/aromatic N) is 2. The van der Waals surface area contributed by atoms with Crippen molar-refractivity contribution in [2.45, 2.75) is 12.8 Å². The lowest BCUT2D eigenvalue weighted by Crippen LogP contribution is -2.09. The van der Waals surface area contributed by atoms with Gasteiger partial charge in [-0.3, -0.25) is 0 Å². The van der Waals surface area contributed by atoms with Crippen molar-refractivity contribution < 1.29 is 0 Å². The maximum atomic E-state index is 8.29. The number of hydrogen-bond donors (Lipinski definition) is 0. The van der Waals surface area contributed by atoms with Gasteiger partial charge in [-0.2, -0.15) is 5.26 Å². The zero-order valence-electron chi connectivity index (χ0n) is 5.59. The average molecular weight is 122 g/mol. The molecule has 2 nitrogen and oxygen atoms in total. The number of nitriles is 1. The Kier molecular flexibility index (Phi) is 1.74. The molecule has 1 aliphatic rings. The topological polar surface area (TPSA) is 27.0 Å². The van der Waals surface area contributed by atoms with Crippen molar-refractivity contribution in [2.75, 3.05) is 13.6 Å². The first-order chi connectivity index (χ1) is 4.34. The second-order valence-electron chi connectivity index (χ2n) is 2.29. The first-order valence-electron chi connectivity index (χ1n) is 3.14. The molecule has 9 heavy (non-hydrogen) atoms. The molecule has 0 amide bonds. The lowest BCUT2D eigenvalue weighted by atomic mass is 10.3. The number of hydrogen-bond acceptors (Lipinski definition) is 2. The lowest BCUT2D eigenvalue weighted by Gasteiger charge is -2.09. The summed E-state index contributed by atoms with van der Waals surface area (Å²) in [5.41, 5.74) is 1.18. The van der Waals surface area contributed by atoms with Gasteiger partial charge in [-0.25, -0.2) is 0 Å². The van der Waals surface area contributed by atoms with Crippen LogP contribution in [-0.4, -0.2) is 18.5 Å². The van der Waals surface area contributed by atoms with Crippen molar-refractivity contribution in [2.24, 2.45) is 0 Å². The Hall–Kier alpha value is -0.970. The number of allylic oxidation sites excluding steroid dienone is 2.